The highest BCUT2D eigenvalue weighted by atomic mass is 16.5. The Hall–Kier alpha value is -3.02. The van der Waals surface area contributed by atoms with Crippen molar-refractivity contribution in [3.63, 3.8) is 0 Å². The molecule has 2 aromatic rings. The molecule has 2 rings (SSSR count). The number of rotatable bonds is 13. The van der Waals surface area contributed by atoms with Crippen LogP contribution in [0.1, 0.15) is 64.2 Å². The molecule has 0 radical (unpaired) electrons. The van der Waals surface area contributed by atoms with Crippen molar-refractivity contribution in [1.29, 1.82) is 0 Å². The number of nitrogens with two attached hydrogens (primary N) is 2. The van der Waals surface area contributed by atoms with E-state index in [0.717, 1.165) is 51.4 Å². The zero-order valence-electron chi connectivity index (χ0n) is 17.5. The summed E-state index contributed by atoms with van der Waals surface area (Å²) in [5.74, 6) is 0.381. The van der Waals surface area contributed by atoms with E-state index in [0.29, 0.717) is 35.7 Å². The monoisotopic (exact) mass is 412 g/mol. The number of ether oxygens (including phenoxy) is 2. The van der Waals surface area contributed by atoms with E-state index in [1.54, 1.807) is 48.5 Å². The third-order valence-electron chi connectivity index (χ3n) is 4.80. The van der Waals surface area contributed by atoms with Gasteiger partial charge >= 0.3 is 11.9 Å². The summed E-state index contributed by atoms with van der Waals surface area (Å²) in [7, 11) is 0. The summed E-state index contributed by atoms with van der Waals surface area (Å²) in [5, 5.41) is 0. The van der Waals surface area contributed by atoms with Crippen LogP contribution in [0.2, 0.25) is 0 Å². The summed E-state index contributed by atoms with van der Waals surface area (Å²) in [6, 6.07) is 14.0. The van der Waals surface area contributed by atoms with Crippen molar-refractivity contribution >= 4 is 23.3 Å². The third kappa shape index (κ3) is 8.99. The number of unbranched alkanes of at least 4 members (excludes halogenated alkanes) is 7. The summed E-state index contributed by atoms with van der Waals surface area (Å²) in [5.41, 5.74) is 12.5. The lowest BCUT2D eigenvalue weighted by atomic mass is 10.1. The van der Waals surface area contributed by atoms with Gasteiger partial charge in [-0.05, 0) is 37.1 Å². The SMILES string of the molecule is Nc1ccccc1OC(=O)CCCCCCCCCCC(=O)Oc1ccccc1N. The van der Waals surface area contributed by atoms with Crippen LogP contribution < -0.4 is 20.9 Å². The van der Waals surface area contributed by atoms with E-state index in [4.69, 9.17) is 20.9 Å². The Kier molecular flexibility index (Phi) is 10.3. The molecule has 0 saturated carbocycles. The van der Waals surface area contributed by atoms with Crippen molar-refractivity contribution in [3.05, 3.63) is 48.5 Å². The van der Waals surface area contributed by atoms with Gasteiger partial charge in [-0.15, -0.1) is 0 Å². The predicted octanol–water partition coefficient (Wildman–Crippen LogP) is 5.26. The molecule has 0 spiro atoms. The lowest BCUT2D eigenvalue weighted by Crippen LogP contribution is -2.09. The van der Waals surface area contributed by atoms with Crippen molar-refractivity contribution in [2.45, 2.75) is 64.2 Å². The molecule has 0 amide bonds. The van der Waals surface area contributed by atoms with Crippen LogP contribution in [-0.2, 0) is 9.59 Å². The van der Waals surface area contributed by atoms with Crippen molar-refractivity contribution in [2.24, 2.45) is 0 Å². The molecule has 2 aromatic carbocycles. The first kappa shape index (κ1) is 23.3. The topological polar surface area (TPSA) is 105 Å². The minimum absolute atomic E-state index is 0.239. The van der Waals surface area contributed by atoms with Gasteiger partial charge in [0.1, 0.15) is 0 Å². The molecular formula is C24H32N2O4. The first-order chi connectivity index (χ1) is 14.6. The predicted molar refractivity (Wildman–Crippen MR) is 119 cm³/mol. The number of carbonyl (C=O) groups excluding carboxylic acids is 2. The van der Waals surface area contributed by atoms with E-state index < -0.39 is 0 Å². The largest absolute Gasteiger partial charge is 0.424 e. The lowest BCUT2D eigenvalue weighted by molar-refractivity contribution is -0.135. The quantitative estimate of drug-likeness (QED) is 0.201. The van der Waals surface area contributed by atoms with Crippen molar-refractivity contribution in [3.8, 4) is 11.5 Å². The summed E-state index contributed by atoms with van der Waals surface area (Å²) in [6.45, 7) is 0. The summed E-state index contributed by atoms with van der Waals surface area (Å²) >= 11 is 0. The zero-order valence-corrected chi connectivity index (χ0v) is 17.5. The second kappa shape index (κ2) is 13.2. The van der Waals surface area contributed by atoms with Crippen molar-refractivity contribution < 1.29 is 19.1 Å². The molecule has 4 N–H and O–H groups in total. The Morgan fingerprint density at radius 3 is 1.27 bits per heavy atom. The van der Waals surface area contributed by atoms with E-state index in [9.17, 15) is 9.59 Å². The van der Waals surface area contributed by atoms with Crippen LogP contribution in [0, 0.1) is 0 Å². The van der Waals surface area contributed by atoms with Gasteiger partial charge in [-0.1, -0.05) is 62.8 Å². The van der Waals surface area contributed by atoms with Crippen molar-refractivity contribution in [1.82, 2.24) is 0 Å². The molecule has 0 aliphatic carbocycles. The average Bonchev–Trinajstić information content (AvgIpc) is 2.73. The van der Waals surface area contributed by atoms with E-state index >= 15 is 0 Å². The first-order valence-electron chi connectivity index (χ1n) is 10.7. The maximum Gasteiger partial charge on any atom is 0.311 e. The normalized spacial score (nSPS) is 10.5. The maximum atomic E-state index is 11.8. The number of carbonyl (C=O) groups is 2. The number of nitrogen functional groups attached to an aromatic ring is 2. The van der Waals surface area contributed by atoms with Crippen LogP contribution in [0.15, 0.2) is 48.5 Å². The summed E-state index contributed by atoms with van der Waals surface area (Å²) in [6.07, 6.45) is 8.91. The van der Waals surface area contributed by atoms with E-state index in [2.05, 4.69) is 0 Å². The van der Waals surface area contributed by atoms with Gasteiger partial charge in [0, 0.05) is 12.8 Å². The van der Waals surface area contributed by atoms with Gasteiger partial charge in [0.15, 0.2) is 11.5 Å². The molecule has 0 heterocycles. The molecule has 0 aliphatic rings. The van der Waals surface area contributed by atoms with Gasteiger partial charge in [-0.3, -0.25) is 9.59 Å². The molecule has 0 atom stereocenters. The molecule has 0 bridgehead atoms. The average molecular weight is 413 g/mol. The lowest BCUT2D eigenvalue weighted by Gasteiger charge is -2.07. The van der Waals surface area contributed by atoms with Gasteiger partial charge in [0.2, 0.25) is 0 Å². The molecule has 0 fully saturated rings. The maximum absolute atomic E-state index is 11.8. The van der Waals surface area contributed by atoms with E-state index in [1.165, 1.54) is 0 Å². The highest BCUT2D eigenvalue weighted by Gasteiger charge is 2.08. The van der Waals surface area contributed by atoms with Gasteiger partial charge in [0.25, 0.3) is 0 Å². The number of hydrogen-bond acceptors (Lipinski definition) is 6. The Morgan fingerprint density at radius 1 is 0.567 bits per heavy atom. The number of para-hydroxylation sites is 4. The third-order valence-corrected chi connectivity index (χ3v) is 4.80. The molecule has 162 valence electrons. The highest BCUT2D eigenvalue weighted by molar-refractivity contribution is 5.75. The molecule has 6 heteroatoms. The van der Waals surface area contributed by atoms with Crippen LogP contribution in [0.4, 0.5) is 11.4 Å². The molecule has 0 saturated heterocycles. The standard InChI is InChI=1S/C24H32N2O4/c25-19-13-9-11-15-21(19)29-23(27)17-7-5-3-1-2-4-6-8-18-24(28)30-22-16-12-10-14-20(22)26/h9-16H,1-8,17-18,25-26H2. The minimum atomic E-state index is -0.239. The van der Waals surface area contributed by atoms with Crippen molar-refractivity contribution in [2.75, 3.05) is 11.5 Å². The van der Waals surface area contributed by atoms with Gasteiger partial charge in [-0.2, -0.15) is 0 Å². The number of esters is 2. The fraction of sp³-hybridized carbons (Fsp3) is 0.417. The van der Waals surface area contributed by atoms with Gasteiger partial charge in [0.05, 0.1) is 11.4 Å². The Balaban J connectivity index is 1.42. The fourth-order valence-electron chi connectivity index (χ4n) is 3.09. The van der Waals surface area contributed by atoms with Gasteiger partial charge < -0.3 is 20.9 Å². The molecule has 6 nitrogen and oxygen atoms in total. The molecule has 0 aromatic heterocycles. The summed E-state index contributed by atoms with van der Waals surface area (Å²) < 4.78 is 10.5. The first-order valence-corrected chi connectivity index (χ1v) is 10.7. The Morgan fingerprint density at radius 2 is 0.900 bits per heavy atom. The summed E-state index contributed by atoms with van der Waals surface area (Å²) in [4.78, 5) is 23.7. The second-order valence-corrected chi connectivity index (χ2v) is 7.35. The van der Waals surface area contributed by atoms with Crippen LogP contribution >= 0.6 is 0 Å². The number of anilines is 2. The highest BCUT2D eigenvalue weighted by Crippen LogP contribution is 2.21. The minimum Gasteiger partial charge on any atom is -0.424 e. The number of benzene rings is 2. The molecular weight excluding hydrogens is 380 g/mol. The van der Waals surface area contributed by atoms with Gasteiger partial charge in [-0.25, -0.2) is 0 Å². The molecule has 0 aliphatic heterocycles. The van der Waals surface area contributed by atoms with E-state index in [-0.39, 0.29) is 11.9 Å². The van der Waals surface area contributed by atoms with E-state index in [1.807, 2.05) is 0 Å². The number of hydrogen-bond donors (Lipinski definition) is 2. The second-order valence-electron chi connectivity index (χ2n) is 7.35. The Labute approximate surface area is 178 Å². The van der Waals surface area contributed by atoms with Crippen LogP contribution in [0.25, 0.3) is 0 Å². The molecule has 0 unspecified atom stereocenters. The van der Waals surface area contributed by atoms with Crippen LogP contribution in [0.5, 0.6) is 11.5 Å². The zero-order chi connectivity index (χ0) is 21.6. The molecule has 30 heavy (non-hydrogen) atoms. The van der Waals surface area contributed by atoms with Crippen LogP contribution in [0.3, 0.4) is 0 Å². The Bertz CT molecular complexity index is 740. The smallest absolute Gasteiger partial charge is 0.311 e. The fourth-order valence-corrected chi connectivity index (χ4v) is 3.09. The van der Waals surface area contributed by atoms with Crippen LogP contribution in [-0.4, -0.2) is 11.9 Å².